The SMILES string of the molecule is COc1cc(/C=N\NC(=O)Nc2ccccc2)cc(OC)c1OC(F)F. The first kappa shape index (κ1) is 19.0. The molecule has 0 aliphatic carbocycles. The predicted octanol–water partition coefficient (Wildman–Crippen LogP) is 3.46. The Bertz CT molecular complexity index is 745. The number of carbonyl (C=O) groups excluding carboxylic acids is 1. The van der Waals surface area contributed by atoms with Gasteiger partial charge in [-0.25, -0.2) is 10.2 Å². The van der Waals surface area contributed by atoms with Gasteiger partial charge in [-0.05, 0) is 24.3 Å². The van der Waals surface area contributed by atoms with E-state index >= 15 is 0 Å². The van der Waals surface area contributed by atoms with E-state index in [1.54, 1.807) is 24.3 Å². The van der Waals surface area contributed by atoms with Crippen LogP contribution in [0.15, 0.2) is 47.6 Å². The molecule has 2 amide bonds. The Morgan fingerprint density at radius 2 is 1.73 bits per heavy atom. The number of benzene rings is 2. The van der Waals surface area contributed by atoms with Crippen molar-refractivity contribution in [3.05, 3.63) is 48.0 Å². The van der Waals surface area contributed by atoms with Gasteiger partial charge in [0, 0.05) is 11.3 Å². The molecule has 0 fully saturated rings. The Balaban J connectivity index is 2.08. The second kappa shape index (κ2) is 9.21. The van der Waals surface area contributed by atoms with E-state index < -0.39 is 12.6 Å². The molecule has 0 aliphatic heterocycles. The van der Waals surface area contributed by atoms with E-state index in [1.807, 2.05) is 6.07 Å². The van der Waals surface area contributed by atoms with Crippen molar-refractivity contribution >= 4 is 17.9 Å². The highest BCUT2D eigenvalue weighted by atomic mass is 19.3. The number of anilines is 1. The Morgan fingerprint density at radius 3 is 2.27 bits per heavy atom. The van der Waals surface area contributed by atoms with E-state index in [0.717, 1.165) is 0 Å². The number of methoxy groups -OCH3 is 2. The fourth-order valence-electron chi connectivity index (χ4n) is 2.03. The van der Waals surface area contributed by atoms with Crippen LogP contribution in [-0.4, -0.2) is 33.1 Å². The minimum atomic E-state index is -3.03. The van der Waals surface area contributed by atoms with Crippen molar-refractivity contribution in [2.45, 2.75) is 6.61 Å². The molecule has 0 heterocycles. The van der Waals surface area contributed by atoms with Crippen molar-refractivity contribution in [2.24, 2.45) is 5.10 Å². The summed E-state index contributed by atoms with van der Waals surface area (Å²) in [4.78, 5) is 11.7. The molecule has 0 radical (unpaired) electrons. The molecule has 0 unspecified atom stereocenters. The number of rotatable bonds is 7. The molecule has 0 bridgehead atoms. The van der Waals surface area contributed by atoms with Gasteiger partial charge in [0.15, 0.2) is 11.5 Å². The number of hydrazone groups is 1. The molecule has 2 N–H and O–H groups in total. The summed E-state index contributed by atoms with van der Waals surface area (Å²) in [6.45, 7) is -3.03. The normalized spacial score (nSPS) is 10.7. The molecular weight excluding hydrogens is 348 g/mol. The molecule has 7 nitrogen and oxygen atoms in total. The van der Waals surface area contributed by atoms with Gasteiger partial charge in [0.2, 0.25) is 5.75 Å². The fraction of sp³-hybridized carbons (Fsp3) is 0.176. The highest BCUT2D eigenvalue weighted by Gasteiger charge is 2.17. The maximum absolute atomic E-state index is 12.5. The topological polar surface area (TPSA) is 81.2 Å². The van der Waals surface area contributed by atoms with Gasteiger partial charge in [0.1, 0.15) is 0 Å². The number of hydrogen-bond donors (Lipinski definition) is 2. The number of urea groups is 1. The molecule has 0 atom stereocenters. The number of amides is 2. The number of halogens is 2. The third-order valence-corrected chi connectivity index (χ3v) is 3.10. The Morgan fingerprint density at radius 1 is 1.12 bits per heavy atom. The minimum absolute atomic E-state index is 0.0415. The van der Waals surface area contributed by atoms with Crippen LogP contribution in [-0.2, 0) is 0 Å². The van der Waals surface area contributed by atoms with Gasteiger partial charge >= 0.3 is 12.6 Å². The van der Waals surface area contributed by atoms with Crippen LogP contribution >= 0.6 is 0 Å². The van der Waals surface area contributed by atoms with Crippen molar-refractivity contribution < 1.29 is 27.8 Å². The van der Waals surface area contributed by atoms with E-state index in [4.69, 9.17) is 9.47 Å². The lowest BCUT2D eigenvalue weighted by Gasteiger charge is -2.14. The van der Waals surface area contributed by atoms with Crippen molar-refractivity contribution in [3.8, 4) is 17.2 Å². The molecule has 0 aromatic heterocycles. The van der Waals surface area contributed by atoms with Crippen molar-refractivity contribution in [1.29, 1.82) is 0 Å². The molecule has 2 rings (SSSR count). The lowest BCUT2D eigenvalue weighted by molar-refractivity contribution is -0.0526. The zero-order chi connectivity index (χ0) is 18.9. The third-order valence-electron chi connectivity index (χ3n) is 3.10. The first-order chi connectivity index (χ1) is 12.5. The average molecular weight is 365 g/mol. The average Bonchev–Trinajstić information content (AvgIpc) is 2.62. The number of carbonyl (C=O) groups is 1. The highest BCUT2D eigenvalue weighted by molar-refractivity contribution is 5.90. The third kappa shape index (κ3) is 5.33. The van der Waals surface area contributed by atoms with E-state index in [1.165, 1.54) is 32.6 Å². The van der Waals surface area contributed by atoms with Gasteiger partial charge < -0.3 is 19.5 Å². The molecule has 0 spiro atoms. The van der Waals surface area contributed by atoms with Crippen LogP contribution in [0.1, 0.15) is 5.56 Å². The maximum Gasteiger partial charge on any atom is 0.387 e. The molecule has 138 valence electrons. The lowest BCUT2D eigenvalue weighted by Crippen LogP contribution is -2.24. The fourth-order valence-corrected chi connectivity index (χ4v) is 2.03. The molecule has 9 heteroatoms. The second-order valence-electron chi connectivity index (χ2n) is 4.82. The smallest absolute Gasteiger partial charge is 0.387 e. The highest BCUT2D eigenvalue weighted by Crippen LogP contribution is 2.39. The van der Waals surface area contributed by atoms with Gasteiger partial charge in [0.25, 0.3) is 0 Å². The standard InChI is InChI=1S/C17H17F2N3O4/c1-24-13-8-11(9-14(25-2)15(13)26-16(18)19)10-20-22-17(23)21-12-6-4-3-5-7-12/h3-10,16H,1-2H3,(H2,21,22,23)/b20-10-. The summed E-state index contributed by atoms with van der Waals surface area (Å²) in [6.07, 6.45) is 1.31. The number of para-hydroxylation sites is 1. The van der Waals surface area contributed by atoms with Gasteiger partial charge in [-0.15, -0.1) is 0 Å². The zero-order valence-electron chi connectivity index (χ0n) is 14.0. The number of ether oxygens (including phenoxy) is 3. The monoisotopic (exact) mass is 365 g/mol. The number of nitrogens with one attached hydrogen (secondary N) is 2. The number of alkyl halides is 2. The first-order valence-corrected chi connectivity index (χ1v) is 7.39. The van der Waals surface area contributed by atoms with Crippen molar-refractivity contribution in [1.82, 2.24) is 5.43 Å². The van der Waals surface area contributed by atoms with Gasteiger partial charge in [-0.1, -0.05) is 18.2 Å². The summed E-state index contributed by atoms with van der Waals surface area (Å²) in [5.74, 6) is -0.142. The largest absolute Gasteiger partial charge is 0.493 e. The molecule has 2 aromatic rings. The van der Waals surface area contributed by atoms with Crippen LogP contribution in [0.25, 0.3) is 0 Å². The summed E-state index contributed by atoms with van der Waals surface area (Å²) in [6, 6.07) is 11.1. The summed E-state index contributed by atoms with van der Waals surface area (Å²) < 4.78 is 39.5. The quantitative estimate of drug-likeness (QED) is 0.582. The van der Waals surface area contributed by atoms with Crippen molar-refractivity contribution in [2.75, 3.05) is 19.5 Å². The van der Waals surface area contributed by atoms with Crippen LogP contribution in [0, 0.1) is 0 Å². The van der Waals surface area contributed by atoms with Gasteiger partial charge in [-0.3, -0.25) is 0 Å². The van der Waals surface area contributed by atoms with E-state index in [-0.39, 0.29) is 17.2 Å². The predicted molar refractivity (Wildman–Crippen MR) is 92.4 cm³/mol. The zero-order valence-corrected chi connectivity index (χ0v) is 14.0. The minimum Gasteiger partial charge on any atom is -0.493 e. The second-order valence-corrected chi connectivity index (χ2v) is 4.82. The van der Waals surface area contributed by atoms with E-state index in [9.17, 15) is 13.6 Å². The lowest BCUT2D eigenvalue weighted by atomic mass is 10.2. The molecular formula is C17H17F2N3O4. The van der Waals surface area contributed by atoms with Gasteiger partial charge in [0.05, 0.1) is 20.4 Å². The Hall–Kier alpha value is -3.36. The molecule has 0 saturated heterocycles. The van der Waals surface area contributed by atoms with E-state index in [0.29, 0.717) is 11.3 Å². The number of nitrogens with zero attached hydrogens (tertiary/aromatic N) is 1. The van der Waals surface area contributed by atoms with E-state index in [2.05, 4.69) is 20.6 Å². The van der Waals surface area contributed by atoms with Crippen LogP contribution in [0.2, 0.25) is 0 Å². The molecule has 26 heavy (non-hydrogen) atoms. The Labute approximate surface area is 148 Å². The molecule has 0 saturated carbocycles. The van der Waals surface area contributed by atoms with Crippen LogP contribution in [0.3, 0.4) is 0 Å². The van der Waals surface area contributed by atoms with Crippen LogP contribution < -0.4 is 25.0 Å². The van der Waals surface area contributed by atoms with Crippen LogP contribution in [0.5, 0.6) is 17.2 Å². The summed E-state index contributed by atoms with van der Waals surface area (Å²) in [5, 5.41) is 6.38. The summed E-state index contributed by atoms with van der Waals surface area (Å²) in [7, 11) is 2.61. The summed E-state index contributed by atoms with van der Waals surface area (Å²) in [5.41, 5.74) is 3.34. The van der Waals surface area contributed by atoms with Crippen molar-refractivity contribution in [3.63, 3.8) is 0 Å². The Kier molecular flexibility index (Phi) is 6.72. The molecule has 2 aromatic carbocycles. The summed E-state index contributed by atoms with van der Waals surface area (Å²) >= 11 is 0. The first-order valence-electron chi connectivity index (χ1n) is 7.39. The molecule has 0 aliphatic rings. The van der Waals surface area contributed by atoms with Crippen LogP contribution in [0.4, 0.5) is 19.3 Å². The maximum atomic E-state index is 12.5. The number of hydrogen-bond acceptors (Lipinski definition) is 5. The van der Waals surface area contributed by atoms with Gasteiger partial charge in [-0.2, -0.15) is 13.9 Å².